The molecule has 142 valence electrons. The van der Waals surface area contributed by atoms with Crippen molar-refractivity contribution in [3.8, 4) is 5.75 Å². The van der Waals surface area contributed by atoms with Gasteiger partial charge in [0.2, 0.25) is 0 Å². The summed E-state index contributed by atoms with van der Waals surface area (Å²) in [4.78, 5) is 12.5. The minimum Gasteiger partial charge on any atom is -0.489 e. The normalized spacial score (nSPS) is 10.8. The zero-order valence-corrected chi connectivity index (χ0v) is 15.5. The Bertz CT molecular complexity index is 931. The number of aryl methyl sites for hydroxylation is 3. The zero-order chi connectivity index (χ0) is 19.4. The summed E-state index contributed by atoms with van der Waals surface area (Å²) in [6.07, 6.45) is 1.90. The van der Waals surface area contributed by atoms with Crippen LogP contribution >= 0.6 is 0 Å². The maximum absolute atomic E-state index is 13.0. The molecular formula is C19H21FN4O3. The van der Waals surface area contributed by atoms with Crippen molar-refractivity contribution in [1.82, 2.24) is 20.3 Å². The predicted octanol–water partition coefficient (Wildman–Crippen LogP) is 3.16. The van der Waals surface area contributed by atoms with Gasteiger partial charge in [0.1, 0.15) is 23.9 Å². The molecule has 0 saturated carbocycles. The van der Waals surface area contributed by atoms with Crippen molar-refractivity contribution in [3.63, 3.8) is 0 Å². The molecule has 27 heavy (non-hydrogen) atoms. The second-order valence-electron chi connectivity index (χ2n) is 6.09. The van der Waals surface area contributed by atoms with Crippen LogP contribution in [0, 0.1) is 19.7 Å². The minimum absolute atomic E-state index is 0.0938. The lowest BCUT2D eigenvalue weighted by molar-refractivity contribution is 0.0939. The van der Waals surface area contributed by atoms with E-state index in [4.69, 9.17) is 9.26 Å². The molecule has 7 nitrogen and oxygen atoms in total. The van der Waals surface area contributed by atoms with Gasteiger partial charge in [-0.25, -0.2) is 4.39 Å². The Morgan fingerprint density at radius 1 is 1.30 bits per heavy atom. The summed E-state index contributed by atoms with van der Waals surface area (Å²) < 4.78 is 25.6. The van der Waals surface area contributed by atoms with Crippen molar-refractivity contribution in [2.24, 2.45) is 0 Å². The number of amides is 1. The van der Waals surface area contributed by atoms with E-state index in [-0.39, 0.29) is 24.0 Å². The monoisotopic (exact) mass is 372 g/mol. The van der Waals surface area contributed by atoms with Crippen LogP contribution in [0.3, 0.4) is 0 Å². The van der Waals surface area contributed by atoms with Gasteiger partial charge in [0.05, 0.1) is 11.3 Å². The number of nitrogens with one attached hydrogen (secondary N) is 1. The second-order valence-corrected chi connectivity index (χ2v) is 6.09. The van der Waals surface area contributed by atoms with Gasteiger partial charge < -0.3 is 14.6 Å². The third-order valence-electron chi connectivity index (χ3n) is 4.21. The summed E-state index contributed by atoms with van der Waals surface area (Å²) >= 11 is 0. The molecule has 1 amide bonds. The van der Waals surface area contributed by atoms with Gasteiger partial charge in [0.15, 0.2) is 5.69 Å². The molecule has 3 rings (SSSR count). The van der Waals surface area contributed by atoms with Crippen molar-refractivity contribution in [2.45, 2.75) is 40.5 Å². The van der Waals surface area contributed by atoms with Crippen LogP contribution in [0.4, 0.5) is 4.39 Å². The minimum atomic E-state index is -0.354. The van der Waals surface area contributed by atoms with Gasteiger partial charge in [0, 0.05) is 24.8 Å². The SMILES string of the molecule is CCn1cc(CNC(=O)c2noc(C)c2COc2ccc(F)cc2)c(C)n1. The number of carbonyl (C=O) groups is 1. The topological polar surface area (TPSA) is 82.2 Å². The number of carbonyl (C=O) groups excluding carboxylic acids is 1. The molecule has 0 radical (unpaired) electrons. The number of aromatic nitrogens is 3. The first-order chi connectivity index (χ1) is 13.0. The third kappa shape index (κ3) is 4.33. The molecule has 3 aromatic rings. The molecule has 0 atom stereocenters. The van der Waals surface area contributed by atoms with Crippen molar-refractivity contribution >= 4 is 5.91 Å². The molecule has 0 bridgehead atoms. The highest BCUT2D eigenvalue weighted by Crippen LogP contribution is 2.18. The Balaban J connectivity index is 1.66. The van der Waals surface area contributed by atoms with Crippen LogP contribution in [0.2, 0.25) is 0 Å². The molecule has 0 spiro atoms. The second kappa shape index (κ2) is 8.03. The summed E-state index contributed by atoms with van der Waals surface area (Å²) in [6, 6.07) is 5.66. The Labute approximate surface area is 156 Å². The Hall–Kier alpha value is -3.16. The first kappa shape index (κ1) is 18.6. The maximum Gasteiger partial charge on any atom is 0.274 e. The zero-order valence-electron chi connectivity index (χ0n) is 15.5. The van der Waals surface area contributed by atoms with Crippen molar-refractivity contribution in [1.29, 1.82) is 0 Å². The van der Waals surface area contributed by atoms with E-state index in [1.807, 2.05) is 24.7 Å². The van der Waals surface area contributed by atoms with Crippen LogP contribution in [0.5, 0.6) is 5.75 Å². The van der Waals surface area contributed by atoms with Crippen LogP contribution in [-0.4, -0.2) is 20.8 Å². The molecule has 0 aliphatic heterocycles. The standard InChI is InChI=1S/C19H21FN4O3/c1-4-24-10-14(12(2)22-24)9-21-19(25)18-17(13(3)27-23-18)11-26-16-7-5-15(20)6-8-16/h5-8,10H,4,9,11H2,1-3H3,(H,21,25). The average molecular weight is 372 g/mol. The fourth-order valence-electron chi connectivity index (χ4n) is 2.58. The van der Waals surface area contributed by atoms with Gasteiger partial charge in [-0.3, -0.25) is 9.48 Å². The molecule has 2 heterocycles. The van der Waals surface area contributed by atoms with Gasteiger partial charge in [-0.15, -0.1) is 0 Å². The maximum atomic E-state index is 13.0. The number of nitrogens with zero attached hydrogens (tertiary/aromatic N) is 3. The van der Waals surface area contributed by atoms with Gasteiger partial charge in [-0.2, -0.15) is 5.10 Å². The van der Waals surface area contributed by atoms with E-state index >= 15 is 0 Å². The summed E-state index contributed by atoms with van der Waals surface area (Å²) in [5, 5.41) is 11.0. The molecule has 8 heteroatoms. The van der Waals surface area contributed by atoms with E-state index in [2.05, 4.69) is 15.6 Å². The molecule has 0 aliphatic rings. The van der Waals surface area contributed by atoms with E-state index < -0.39 is 0 Å². The van der Waals surface area contributed by atoms with Crippen LogP contribution in [0.1, 0.15) is 40.0 Å². The fraction of sp³-hybridized carbons (Fsp3) is 0.316. The largest absolute Gasteiger partial charge is 0.489 e. The fourth-order valence-corrected chi connectivity index (χ4v) is 2.58. The Morgan fingerprint density at radius 2 is 2.04 bits per heavy atom. The number of halogens is 1. The summed E-state index contributed by atoms with van der Waals surface area (Å²) in [5.74, 6) is 0.293. The van der Waals surface area contributed by atoms with Gasteiger partial charge in [-0.1, -0.05) is 5.16 Å². The van der Waals surface area contributed by atoms with E-state index in [1.54, 1.807) is 6.92 Å². The lowest BCUT2D eigenvalue weighted by atomic mass is 10.2. The number of hydrogen-bond donors (Lipinski definition) is 1. The van der Waals surface area contributed by atoms with Crippen LogP contribution in [0.15, 0.2) is 35.0 Å². The molecule has 0 saturated heterocycles. The van der Waals surface area contributed by atoms with Crippen LogP contribution in [-0.2, 0) is 19.7 Å². The summed E-state index contributed by atoms with van der Waals surface area (Å²) in [6.45, 7) is 6.81. The average Bonchev–Trinajstić information content (AvgIpc) is 3.21. The van der Waals surface area contributed by atoms with E-state index in [9.17, 15) is 9.18 Å². The molecular weight excluding hydrogens is 351 g/mol. The lowest BCUT2D eigenvalue weighted by Crippen LogP contribution is -2.24. The van der Waals surface area contributed by atoms with E-state index in [0.717, 1.165) is 17.8 Å². The Morgan fingerprint density at radius 3 is 2.70 bits per heavy atom. The van der Waals surface area contributed by atoms with Crippen molar-refractivity contribution in [3.05, 3.63) is 64.6 Å². The van der Waals surface area contributed by atoms with Crippen LogP contribution < -0.4 is 10.1 Å². The lowest BCUT2D eigenvalue weighted by Gasteiger charge is -2.07. The number of benzene rings is 1. The van der Waals surface area contributed by atoms with Gasteiger partial charge in [-0.05, 0) is 45.0 Å². The van der Waals surface area contributed by atoms with Crippen LogP contribution in [0.25, 0.3) is 0 Å². The molecule has 1 N–H and O–H groups in total. The highest BCUT2D eigenvalue weighted by atomic mass is 19.1. The molecule has 0 aliphatic carbocycles. The van der Waals surface area contributed by atoms with Gasteiger partial charge in [0.25, 0.3) is 5.91 Å². The third-order valence-corrected chi connectivity index (χ3v) is 4.21. The number of hydrogen-bond acceptors (Lipinski definition) is 5. The first-order valence-corrected chi connectivity index (χ1v) is 8.62. The molecule has 0 unspecified atom stereocenters. The van der Waals surface area contributed by atoms with E-state index in [0.29, 0.717) is 23.6 Å². The smallest absolute Gasteiger partial charge is 0.274 e. The molecule has 0 fully saturated rings. The molecule has 1 aromatic carbocycles. The van der Waals surface area contributed by atoms with E-state index in [1.165, 1.54) is 24.3 Å². The van der Waals surface area contributed by atoms with Gasteiger partial charge >= 0.3 is 0 Å². The highest BCUT2D eigenvalue weighted by molar-refractivity contribution is 5.93. The van der Waals surface area contributed by atoms with Crippen molar-refractivity contribution < 1.29 is 18.4 Å². The van der Waals surface area contributed by atoms with Crippen molar-refractivity contribution in [2.75, 3.05) is 0 Å². The highest BCUT2D eigenvalue weighted by Gasteiger charge is 2.20. The summed E-state index contributed by atoms with van der Waals surface area (Å²) in [7, 11) is 0. The molecule has 2 aromatic heterocycles. The first-order valence-electron chi connectivity index (χ1n) is 8.62. The predicted molar refractivity (Wildman–Crippen MR) is 95.8 cm³/mol. The number of ether oxygens (including phenoxy) is 1. The summed E-state index contributed by atoms with van der Waals surface area (Å²) in [5.41, 5.74) is 2.54. The number of rotatable bonds is 7. The quantitative estimate of drug-likeness (QED) is 0.689. The Kier molecular flexibility index (Phi) is 5.54.